The average molecular weight is 342 g/mol. The Morgan fingerprint density at radius 1 is 1.24 bits per heavy atom. The van der Waals surface area contributed by atoms with Gasteiger partial charge in [-0.1, -0.05) is 26.0 Å². The first-order chi connectivity index (χ1) is 11.8. The smallest absolute Gasteiger partial charge is 0.340 e. The molecule has 134 valence electrons. The number of methoxy groups -OCH3 is 1. The fourth-order valence-corrected chi connectivity index (χ4v) is 2.85. The summed E-state index contributed by atoms with van der Waals surface area (Å²) in [7, 11) is 5.28. The number of allylic oxidation sites excluding steroid dienone is 1. The first kappa shape index (κ1) is 18.8. The molecule has 0 aliphatic carbocycles. The second kappa shape index (κ2) is 7.55. The van der Waals surface area contributed by atoms with Gasteiger partial charge >= 0.3 is 5.97 Å². The maximum Gasteiger partial charge on any atom is 0.340 e. The van der Waals surface area contributed by atoms with E-state index < -0.39 is 5.97 Å². The highest BCUT2D eigenvalue weighted by Gasteiger charge is 2.37. The molecule has 0 bridgehead atoms. The van der Waals surface area contributed by atoms with Crippen LogP contribution in [-0.4, -0.2) is 44.5 Å². The average Bonchev–Trinajstić information content (AvgIpc) is 2.79. The lowest BCUT2D eigenvalue weighted by atomic mass is 10.0. The van der Waals surface area contributed by atoms with Crippen LogP contribution in [0.15, 0.2) is 41.1 Å². The van der Waals surface area contributed by atoms with Crippen molar-refractivity contribution in [3.05, 3.63) is 46.7 Å². The van der Waals surface area contributed by atoms with Crippen LogP contribution in [0.2, 0.25) is 0 Å². The van der Waals surface area contributed by atoms with Gasteiger partial charge in [0.05, 0.1) is 18.3 Å². The summed E-state index contributed by atoms with van der Waals surface area (Å²) in [5.74, 6) is -0.326. The van der Waals surface area contributed by atoms with Crippen molar-refractivity contribution in [2.45, 2.75) is 20.8 Å². The van der Waals surface area contributed by atoms with Crippen molar-refractivity contribution in [1.82, 2.24) is 4.90 Å². The molecule has 0 N–H and O–H groups in total. The highest BCUT2D eigenvalue weighted by Crippen LogP contribution is 2.32. The third-order valence-electron chi connectivity index (χ3n) is 4.17. The van der Waals surface area contributed by atoms with E-state index in [-0.39, 0.29) is 5.91 Å². The Balaban J connectivity index is 2.46. The van der Waals surface area contributed by atoms with Crippen molar-refractivity contribution < 1.29 is 14.3 Å². The summed E-state index contributed by atoms with van der Waals surface area (Å²) < 4.78 is 4.90. The third-order valence-corrected chi connectivity index (χ3v) is 4.17. The van der Waals surface area contributed by atoms with Gasteiger partial charge in [-0.05, 0) is 36.6 Å². The highest BCUT2D eigenvalue weighted by atomic mass is 16.5. The van der Waals surface area contributed by atoms with Crippen LogP contribution in [0.5, 0.6) is 0 Å². The molecule has 1 aliphatic heterocycles. The lowest BCUT2D eigenvalue weighted by molar-refractivity contribution is -0.136. The van der Waals surface area contributed by atoms with Gasteiger partial charge < -0.3 is 14.5 Å². The highest BCUT2D eigenvalue weighted by molar-refractivity contribution is 6.16. The number of hydrogen-bond donors (Lipinski definition) is 0. The Labute approximate surface area is 149 Å². The van der Waals surface area contributed by atoms with Crippen LogP contribution in [0.25, 0.3) is 6.08 Å². The van der Waals surface area contributed by atoms with Gasteiger partial charge in [-0.2, -0.15) is 0 Å². The number of ether oxygens (including phenoxy) is 1. The van der Waals surface area contributed by atoms with Gasteiger partial charge in [-0.3, -0.25) is 4.79 Å². The molecule has 0 fully saturated rings. The molecule has 1 aliphatic rings. The first-order valence-electron chi connectivity index (χ1n) is 8.36. The fraction of sp³-hybridized carbons (Fsp3) is 0.400. The summed E-state index contributed by atoms with van der Waals surface area (Å²) in [5, 5.41) is 0. The van der Waals surface area contributed by atoms with Crippen molar-refractivity contribution in [3.63, 3.8) is 0 Å². The monoisotopic (exact) mass is 342 g/mol. The first-order valence-corrected chi connectivity index (χ1v) is 8.36. The molecule has 2 rings (SSSR count). The molecule has 0 saturated heterocycles. The Morgan fingerprint density at radius 2 is 1.84 bits per heavy atom. The topological polar surface area (TPSA) is 49.9 Å². The molecular formula is C20H26N2O3. The molecule has 5 heteroatoms. The Bertz CT molecular complexity index is 728. The Hall–Kier alpha value is -2.56. The van der Waals surface area contributed by atoms with E-state index in [9.17, 15) is 9.59 Å². The number of carbonyl (C=O) groups excluding carboxylic acids is 2. The molecule has 0 aromatic heterocycles. The third kappa shape index (κ3) is 3.92. The molecule has 0 unspecified atom stereocenters. The molecule has 1 aromatic rings. The predicted octanol–water partition coefficient (Wildman–Crippen LogP) is 3.08. The van der Waals surface area contributed by atoms with Crippen LogP contribution in [0.3, 0.4) is 0 Å². The molecule has 0 spiro atoms. The number of nitrogens with zero attached hydrogens (tertiary/aromatic N) is 2. The largest absolute Gasteiger partial charge is 0.465 e. The van der Waals surface area contributed by atoms with Gasteiger partial charge in [0, 0.05) is 32.0 Å². The summed E-state index contributed by atoms with van der Waals surface area (Å²) in [6.45, 7) is 6.45. The molecule has 5 nitrogen and oxygen atoms in total. The molecule has 1 amide bonds. The number of benzene rings is 1. The zero-order chi connectivity index (χ0) is 18.7. The van der Waals surface area contributed by atoms with Gasteiger partial charge in [-0.25, -0.2) is 4.79 Å². The van der Waals surface area contributed by atoms with Crippen LogP contribution in [0.4, 0.5) is 5.69 Å². The van der Waals surface area contributed by atoms with Crippen molar-refractivity contribution in [1.29, 1.82) is 0 Å². The van der Waals surface area contributed by atoms with E-state index in [4.69, 9.17) is 4.74 Å². The van der Waals surface area contributed by atoms with Crippen molar-refractivity contribution in [3.8, 4) is 0 Å². The van der Waals surface area contributed by atoms with Gasteiger partial charge in [-0.15, -0.1) is 0 Å². The minimum absolute atomic E-state index is 0.150. The van der Waals surface area contributed by atoms with E-state index in [2.05, 4.69) is 0 Å². The lowest BCUT2D eigenvalue weighted by Gasteiger charge is -2.19. The van der Waals surface area contributed by atoms with Crippen LogP contribution < -0.4 is 4.90 Å². The minimum Gasteiger partial charge on any atom is -0.465 e. The van der Waals surface area contributed by atoms with Crippen LogP contribution in [0, 0.1) is 5.92 Å². The molecule has 0 radical (unpaired) electrons. The summed E-state index contributed by atoms with van der Waals surface area (Å²) in [6, 6.07) is 7.83. The number of amides is 1. The Kier molecular flexibility index (Phi) is 5.67. The van der Waals surface area contributed by atoms with E-state index in [1.807, 2.05) is 57.1 Å². The molecule has 1 heterocycles. The minimum atomic E-state index is -0.478. The number of hydrogen-bond acceptors (Lipinski definition) is 4. The summed E-state index contributed by atoms with van der Waals surface area (Å²) in [6.07, 6.45) is 1.76. The SMILES string of the molecule is COC(=O)C1=C(C)N(CC(C)C)C(=O)C1=Cc1ccc(N(C)C)cc1. The molecule has 0 saturated carbocycles. The van der Waals surface area contributed by atoms with Crippen molar-refractivity contribution in [2.24, 2.45) is 5.92 Å². The van der Waals surface area contributed by atoms with Crippen molar-refractivity contribution >= 4 is 23.6 Å². The van der Waals surface area contributed by atoms with Gasteiger partial charge in [0.25, 0.3) is 5.91 Å². The van der Waals surface area contributed by atoms with E-state index in [0.29, 0.717) is 29.3 Å². The summed E-state index contributed by atoms with van der Waals surface area (Å²) in [4.78, 5) is 28.8. The maximum absolute atomic E-state index is 12.9. The normalized spacial score (nSPS) is 16.2. The van der Waals surface area contributed by atoms with Gasteiger partial charge in [0.15, 0.2) is 0 Å². The van der Waals surface area contributed by atoms with Crippen LogP contribution in [0.1, 0.15) is 26.3 Å². The van der Waals surface area contributed by atoms with Crippen molar-refractivity contribution in [2.75, 3.05) is 32.6 Å². The second-order valence-electron chi connectivity index (χ2n) is 6.81. The molecular weight excluding hydrogens is 316 g/mol. The lowest BCUT2D eigenvalue weighted by Crippen LogP contribution is -2.28. The van der Waals surface area contributed by atoms with Gasteiger partial charge in [0.1, 0.15) is 0 Å². The molecule has 0 atom stereocenters. The quantitative estimate of drug-likeness (QED) is 0.609. The van der Waals surface area contributed by atoms with E-state index in [1.54, 1.807) is 17.9 Å². The van der Waals surface area contributed by atoms with Gasteiger partial charge in [0.2, 0.25) is 0 Å². The number of rotatable bonds is 5. The number of esters is 1. The predicted molar refractivity (Wildman–Crippen MR) is 100 cm³/mol. The van der Waals surface area contributed by atoms with Crippen LogP contribution in [-0.2, 0) is 14.3 Å². The number of carbonyl (C=O) groups is 2. The number of anilines is 1. The molecule has 25 heavy (non-hydrogen) atoms. The van der Waals surface area contributed by atoms with E-state index >= 15 is 0 Å². The molecule has 1 aromatic carbocycles. The van der Waals surface area contributed by atoms with Crippen LogP contribution >= 0.6 is 0 Å². The zero-order valence-electron chi connectivity index (χ0n) is 15.8. The maximum atomic E-state index is 12.9. The second-order valence-corrected chi connectivity index (χ2v) is 6.81. The summed E-state index contributed by atoms with van der Waals surface area (Å²) in [5.41, 5.74) is 3.34. The van der Waals surface area contributed by atoms with E-state index in [1.165, 1.54) is 7.11 Å². The Morgan fingerprint density at radius 3 is 2.32 bits per heavy atom. The standard InChI is InChI=1S/C20H26N2O3/c1-13(2)12-22-14(3)18(20(24)25-6)17(19(22)23)11-15-7-9-16(10-8-15)21(4)5/h7-11,13H,12H2,1-6H3. The fourth-order valence-electron chi connectivity index (χ4n) is 2.85. The van der Waals surface area contributed by atoms with E-state index in [0.717, 1.165) is 11.3 Å². The summed E-state index contributed by atoms with van der Waals surface area (Å²) >= 11 is 0. The zero-order valence-corrected chi connectivity index (χ0v) is 15.8.